The molecule has 0 fully saturated rings. The van der Waals surface area contributed by atoms with Crippen molar-refractivity contribution in [2.24, 2.45) is 0 Å². The van der Waals surface area contributed by atoms with Gasteiger partial charge in [-0.2, -0.15) is 0 Å². The van der Waals surface area contributed by atoms with Gasteiger partial charge in [-0.05, 0) is 27.8 Å². The van der Waals surface area contributed by atoms with E-state index in [2.05, 4.69) is 21.2 Å². The largest absolute Gasteiger partial charge is 0.280 e. The zero-order valence-electron chi connectivity index (χ0n) is 4.23. The van der Waals surface area contributed by atoms with Crippen molar-refractivity contribution in [1.82, 2.24) is 4.31 Å². The summed E-state index contributed by atoms with van der Waals surface area (Å²) >= 11 is 7.13. The molecule has 0 radical (unpaired) electrons. The lowest BCUT2D eigenvalue weighted by molar-refractivity contribution is -0.111. The van der Waals surface area contributed by atoms with Crippen molar-refractivity contribution in [2.75, 3.05) is 13.6 Å². The van der Waals surface area contributed by atoms with E-state index in [1.807, 2.05) is 0 Å². The van der Waals surface area contributed by atoms with Crippen LogP contribution in [0.25, 0.3) is 0 Å². The maximum absolute atomic E-state index is 10.1. The highest BCUT2D eigenvalue weighted by molar-refractivity contribution is 14.2. The molecule has 0 atom stereocenters. The molecule has 48 valence electrons. The van der Waals surface area contributed by atoms with Gasteiger partial charge in [-0.15, -0.1) is 0 Å². The van der Waals surface area contributed by atoms with Gasteiger partial charge in [-0.25, -0.2) is 4.31 Å². The molecule has 0 aliphatic carbocycles. The van der Waals surface area contributed by atoms with Gasteiger partial charge in [0.2, 0.25) is 5.24 Å². The number of carbonyl (C=O) groups excluding carboxylic acids is 1. The molecule has 0 aliphatic heterocycles. The Kier molecular flexibility index (Phi) is 5.44. The van der Waals surface area contributed by atoms with Gasteiger partial charge < -0.3 is 0 Å². The molecule has 2 nitrogen and oxygen atoms in total. The molecule has 0 bridgehead atoms. The van der Waals surface area contributed by atoms with E-state index in [1.54, 1.807) is 11.4 Å². The van der Waals surface area contributed by atoms with Crippen molar-refractivity contribution in [2.45, 2.75) is 0 Å². The second-order valence-electron chi connectivity index (χ2n) is 1.21. The molecule has 0 aromatic carbocycles. The van der Waals surface area contributed by atoms with Crippen LogP contribution in [0.15, 0.2) is 0 Å². The summed E-state index contributed by atoms with van der Waals surface area (Å²) in [6.07, 6.45) is 0. The minimum Gasteiger partial charge on any atom is -0.280 e. The van der Waals surface area contributed by atoms with Crippen LogP contribution in [-0.4, -0.2) is 23.1 Å². The first kappa shape index (κ1) is 9.00. The number of rotatable bonds is 3. The molecule has 0 N–H and O–H groups in total. The Hall–Kier alpha value is 1.00. The molecule has 5 heteroatoms. The van der Waals surface area contributed by atoms with Crippen LogP contribution in [0, 0.1) is 0 Å². The molecule has 0 saturated heterocycles. The van der Waals surface area contributed by atoms with Crippen LogP contribution >= 0.6 is 41.9 Å². The molecule has 0 aromatic rings. The van der Waals surface area contributed by atoms with E-state index in [0.717, 1.165) is 0 Å². The Morgan fingerprint density at radius 3 is 2.62 bits per heavy atom. The van der Waals surface area contributed by atoms with Gasteiger partial charge in [0.25, 0.3) is 0 Å². The number of likely N-dealkylation sites (N-methyl/N-ethyl adjacent to an activating group) is 1. The number of halogens is 2. The normalized spacial score (nSPS) is 10.0. The van der Waals surface area contributed by atoms with E-state index < -0.39 is 0 Å². The number of hydrogen-bond acceptors (Lipinski definition) is 3. The van der Waals surface area contributed by atoms with Crippen molar-refractivity contribution in [3.8, 4) is 0 Å². The summed E-state index contributed by atoms with van der Waals surface area (Å²) in [4.78, 5) is 10.1. The standard InChI is InChI=1S/C3H5ClINOS/c1-6(8-5)2-3(4)7/h2H2,1H3. The molecule has 0 aliphatic rings. The molecule has 0 aromatic heterocycles. The highest BCUT2D eigenvalue weighted by Crippen LogP contribution is 2.14. The van der Waals surface area contributed by atoms with Crippen molar-refractivity contribution < 1.29 is 4.79 Å². The first-order valence-electron chi connectivity index (χ1n) is 1.85. The highest BCUT2D eigenvalue weighted by atomic mass is 127. The Bertz CT molecular complexity index is 91.4. The van der Waals surface area contributed by atoms with Gasteiger partial charge >= 0.3 is 0 Å². The van der Waals surface area contributed by atoms with Crippen molar-refractivity contribution in [3.05, 3.63) is 0 Å². The fourth-order valence-electron chi connectivity index (χ4n) is 0.199. The summed E-state index contributed by atoms with van der Waals surface area (Å²) in [5.74, 6) is 0. The van der Waals surface area contributed by atoms with E-state index in [-0.39, 0.29) is 5.24 Å². The first-order chi connectivity index (χ1) is 3.66. The van der Waals surface area contributed by atoms with E-state index in [1.165, 1.54) is 9.12 Å². The SMILES string of the molecule is CN(CC(=O)Cl)SI. The van der Waals surface area contributed by atoms with Crippen LogP contribution < -0.4 is 0 Å². The predicted octanol–water partition coefficient (Wildman–Crippen LogP) is 1.68. The molecular formula is C3H5ClINOS. The lowest BCUT2D eigenvalue weighted by atomic mass is 10.7. The Morgan fingerprint density at radius 2 is 2.50 bits per heavy atom. The summed E-state index contributed by atoms with van der Waals surface area (Å²) in [6.45, 7) is 0.301. The quantitative estimate of drug-likeness (QED) is 0.440. The van der Waals surface area contributed by atoms with Crippen LogP contribution in [0.2, 0.25) is 0 Å². The van der Waals surface area contributed by atoms with E-state index >= 15 is 0 Å². The minimum atomic E-state index is -0.323. The molecule has 0 rings (SSSR count). The molecule has 0 heterocycles. The number of carbonyl (C=O) groups is 1. The Balaban J connectivity index is 3.24. The highest BCUT2D eigenvalue weighted by Gasteiger charge is 1.99. The molecule has 0 saturated carbocycles. The molecule has 0 unspecified atom stereocenters. The smallest absolute Gasteiger partial charge is 0.236 e. The molecule has 0 spiro atoms. The van der Waals surface area contributed by atoms with E-state index in [0.29, 0.717) is 6.54 Å². The number of hydrogen-bond donors (Lipinski definition) is 0. The summed E-state index contributed by atoms with van der Waals surface area (Å²) < 4.78 is 1.75. The second-order valence-corrected chi connectivity index (χ2v) is 3.57. The topological polar surface area (TPSA) is 20.3 Å². The first-order valence-corrected chi connectivity index (χ1v) is 5.54. The summed E-state index contributed by atoms with van der Waals surface area (Å²) in [5, 5.41) is -0.323. The fraction of sp³-hybridized carbons (Fsp3) is 0.667. The van der Waals surface area contributed by atoms with Gasteiger partial charge in [0.1, 0.15) is 0 Å². The molecule has 8 heavy (non-hydrogen) atoms. The molecule has 0 amide bonds. The van der Waals surface area contributed by atoms with Crippen LogP contribution in [0.5, 0.6) is 0 Å². The van der Waals surface area contributed by atoms with Gasteiger partial charge in [0.15, 0.2) is 0 Å². The monoisotopic (exact) mass is 265 g/mol. The maximum atomic E-state index is 10.1. The zero-order chi connectivity index (χ0) is 6.57. The van der Waals surface area contributed by atoms with Gasteiger partial charge in [0, 0.05) is 21.2 Å². The maximum Gasteiger partial charge on any atom is 0.236 e. The minimum absolute atomic E-state index is 0.301. The third kappa shape index (κ3) is 5.14. The summed E-state index contributed by atoms with van der Waals surface area (Å²) in [5.41, 5.74) is 0. The summed E-state index contributed by atoms with van der Waals surface area (Å²) in [7, 11) is 3.25. The Labute approximate surface area is 69.7 Å². The van der Waals surface area contributed by atoms with Crippen LogP contribution in [0.1, 0.15) is 0 Å². The Morgan fingerprint density at radius 1 is 2.00 bits per heavy atom. The van der Waals surface area contributed by atoms with Gasteiger partial charge in [-0.1, -0.05) is 0 Å². The predicted molar refractivity (Wildman–Crippen MR) is 45.1 cm³/mol. The van der Waals surface area contributed by atoms with Crippen LogP contribution in [0.3, 0.4) is 0 Å². The van der Waals surface area contributed by atoms with Crippen LogP contribution in [-0.2, 0) is 4.79 Å². The average molecular weight is 266 g/mol. The van der Waals surface area contributed by atoms with Crippen LogP contribution in [0.4, 0.5) is 0 Å². The van der Waals surface area contributed by atoms with Crippen molar-refractivity contribution in [1.29, 1.82) is 0 Å². The average Bonchev–Trinajstić information content (AvgIpc) is 1.65. The van der Waals surface area contributed by atoms with E-state index in [4.69, 9.17) is 11.6 Å². The van der Waals surface area contributed by atoms with Gasteiger partial charge in [0.05, 0.1) is 6.54 Å². The molecular weight excluding hydrogens is 260 g/mol. The third-order valence-corrected chi connectivity index (χ3v) is 2.97. The zero-order valence-corrected chi connectivity index (χ0v) is 7.96. The van der Waals surface area contributed by atoms with Crippen molar-refractivity contribution in [3.63, 3.8) is 0 Å². The van der Waals surface area contributed by atoms with Crippen molar-refractivity contribution >= 4 is 47.2 Å². The van der Waals surface area contributed by atoms with E-state index in [9.17, 15) is 4.79 Å². The lowest BCUT2D eigenvalue weighted by Crippen LogP contribution is -2.13. The third-order valence-electron chi connectivity index (χ3n) is 0.465. The second kappa shape index (κ2) is 4.84. The number of nitrogens with zero attached hydrogens (tertiary/aromatic N) is 1. The van der Waals surface area contributed by atoms with Gasteiger partial charge in [-0.3, -0.25) is 4.79 Å². The fourth-order valence-corrected chi connectivity index (χ4v) is 1.03. The lowest BCUT2D eigenvalue weighted by Gasteiger charge is -2.05. The summed E-state index contributed by atoms with van der Waals surface area (Å²) in [6, 6.07) is 0.